The molecular weight excluding hydrogens is 189 g/mol. The van der Waals surface area contributed by atoms with Crippen LogP contribution in [0.15, 0.2) is 18.2 Å². The van der Waals surface area contributed by atoms with Crippen LogP contribution in [0, 0.1) is 12.7 Å². The van der Waals surface area contributed by atoms with Crippen LogP contribution in [0.1, 0.15) is 24.0 Å². The predicted octanol–water partition coefficient (Wildman–Crippen LogP) is 2.50. The summed E-state index contributed by atoms with van der Waals surface area (Å²) in [5.41, 5.74) is 7.82. The van der Waals surface area contributed by atoms with Crippen LogP contribution in [0.5, 0.6) is 0 Å². The van der Waals surface area contributed by atoms with Gasteiger partial charge < -0.3 is 5.73 Å². The van der Waals surface area contributed by atoms with Gasteiger partial charge in [0.25, 0.3) is 0 Å². The fourth-order valence-corrected chi connectivity index (χ4v) is 1.53. The van der Waals surface area contributed by atoms with Gasteiger partial charge in [-0.3, -0.25) is 0 Å². The van der Waals surface area contributed by atoms with Crippen molar-refractivity contribution in [2.24, 2.45) is 5.73 Å². The van der Waals surface area contributed by atoms with Gasteiger partial charge in [0, 0.05) is 5.54 Å². The molecule has 1 nitrogen and oxygen atoms in total. The van der Waals surface area contributed by atoms with Crippen LogP contribution in [-0.2, 0) is 5.54 Å². The van der Waals surface area contributed by atoms with E-state index in [0.29, 0.717) is 0 Å². The van der Waals surface area contributed by atoms with Gasteiger partial charge in [0.1, 0.15) is 5.82 Å². The van der Waals surface area contributed by atoms with Crippen LogP contribution >= 0.6 is 12.4 Å². The standard InChI is InChI=1S/C10H12FN.ClH/c1-7-2-3-8(11)6-9(7)10(12)4-5-10;/h2-3,6H,4-5,12H2,1H3;1H. The van der Waals surface area contributed by atoms with E-state index in [2.05, 4.69) is 0 Å². The van der Waals surface area contributed by atoms with E-state index in [1.54, 1.807) is 12.1 Å². The molecule has 1 aromatic rings. The molecule has 0 aromatic heterocycles. The van der Waals surface area contributed by atoms with Crippen molar-refractivity contribution in [3.05, 3.63) is 35.1 Å². The topological polar surface area (TPSA) is 26.0 Å². The van der Waals surface area contributed by atoms with E-state index in [1.807, 2.05) is 6.92 Å². The predicted molar refractivity (Wildman–Crippen MR) is 53.5 cm³/mol. The first-order valence-corrected chi connectivity index (χ1v) is 4.17. The van der Waals surface area contributed by atoms with Gasteiger partial charge in [-0.15, -0.1) is 12.4 Å². The van der Waals surface area contributed by atoms with Crippen molar-refractivity contribution in [2.75, 3.05) is 0 Å². The molecule has 0 radical (unpaired) electrons. The second-order valence-electron chi connectivity index (χ2n) is 3.62. The molecule has 1 saturated carbocycles. The molecule has 13 heavy (non-hydrogen) atoms. The first kappa shape index (κ1) is 10.5. The minimum Gasteiger partial charge on any atom is -0.321 e. The molecule has 0 saturated heterocycles. The highest BCUT2D eigenvalue weighted by Crippen LogP contribution is 2.43. The van der Waals surface area contributed by atoms with E-state index in [4.69, 9.17) is 5.73 Å². The van der Waals surface area contributed by atoms with Gasteiger partial charge in [0.2, 0.25) is 0 Å². The Hall–Kier alpha value is -0.600. The molecule has 2 N–H and O–H groups in total. The summed E-state index contributed by atoms with van der Waals surface area (Å²) < 4.78 is 12.8. The first-order valence-electron chi connectivity index (χ1n) is 4.17. The number of aryl methyl sites for hydroxylation is 1. The van der Waals surface area contributed by atoms with Gasteiger partial charge in [-0.2, -0.15) is 0 Å². The Bertz CT molecular complexity index is 321. The maximum atomic E-state index is 12.8. The molecule has 2 rings (SSSR count). The molecule has 1 aliphatic carbocycles. The fraction of sp³-hybridized carbons (Fsp3) is 0.400. The second kappa shape index (κ2) is 3.28. The van der Waals surface area contributed by atoms with Gasteiger partial charge in [-0.25, -0.2) is 4.39 Å². The molecule has 0 unspecified atom stereocenters. The third-order valence-corrected chi connectivity index (χ3v) is 2.52. The number of nitrogens with two attached hydrogens (primary N) is 1. The fourth-order valence-electron chi connectivity index (χ4n) is 1.53. The molecule has 0 aliphatic heterocycles. The average molecular weight is 202 g/mol. The van der Waals surface area contributed by atoms with Crippen LogP contribution < -0.4 is 5.73 Å². The zero-order valence-electron chi connectivity index (χ0n) is 7.51. The van der Waals surface area contributed by atoms with E-state index >= 15 is 0 Å². The lowest BCUT2D eigenvalue weighted by atomic mass is 10.0. The number of benzene rings is 1. The van der Waals surface area contributed by atoms with Gasteiger partial charge >= 0.3 is 0 Å². The normalized spacial score (nSPS) is 17.8. The Labute approximate surface area is 83.5 Å². The van der Waals surface area contributed by atoms with E-state index in [1.165, 1.54) is 6.07 Å². The van der Waals surface area contributed by atoms with Gasteiger partial charge in [-0.05, 0) is 43.0 Å². The zero-order chi connectivity index (χ0) is 8.77. The largest absolute Gasteiger partial charge is 0.321 e. The molecule has 3 heteroatoms. The van der Waals surface area contributed by atoms with Crippen molar-refractivity contribution >= 4 is 12.4 Å². The van der Waals surface area contributed by atoms with Crippen LogP contribution in [0.2, 0.25) is 0 Å². The summed E-state index contributed by atoms with van der Waals surface area (Å²) in [5, 5.41) is 0. The maximum absolute atomic E-state index is 12.8. The smallest absolute Gasteiger partial charge is 0.123 e. The molecule has 0 amide bonds. The monoisotopic (exact) mass is 201 g/mol. The summed E-state index contributed by atoms with van der Waals surface area (Å²) in [6, 6.07) is 4.82. The van der Waals surface area contributed by atoms with E-state index in [9.17, 15) is 4.39 Å². The minimum atomic E-state index is -0.216. The second-order valence-corrected chi connectivity index (χ2v) is 3.62. The molecule has 0 spiro atoms. The first-order chi connectivity index (χ1) is 5.62. The number of hydrogen-bond donors (Lipinski definition) is 1. The summed E-state index contributed by atoms with van der Waals surface area (Å²) in [6.07, 6.45) is 1.97. The Morgan fingerprint density at radius 2 is 2.00 bits per heavy atom. The van der Waals surface area contributed by atoms with E-state index < -0.39 is 0 Å². The van der Waals surface area contributed by atoms with Gasteiger partial charge in [0.15, 0.2) is 0 Å². The Morgan fingerprint density at radius 3 is 2.54 bits per heavy atom. The highest BCUT2D eigenvalue weighted by atomic mass is 35.5. The molecule has 0 atom stereocenters. The highest BCUT2D eigenvalue weighted by molar-refractivity contribution is 5.85. The quantitative estimate of drug-likeness (QED) is 0.743. The molecule has 1 aliphatic rings. The maximum Gasteiger partial charge on any atom is 0.123 e. The molecule has 1 fully saturated rings. The van der Waals surface area contributed by atoms with Crippen molar-refractivity contribution in [3.63, 3.8) is 0 Å². The Morgan fingerprint density at radius 1 is 1.38 bits per heavy atom. The third-order valence-electron chi connectivity index (χ3n) is 2.52. The van der Waals surface area contributed by atoms with Crippen molar-refractivity contribution in [2.45, 2.75) is 25.3 Å². The lowest BCUT2D eigenvalue weighted by Gasteiger charge is -2.12. The third kappa shape index (κ3) is 1.84. The molecule has 0 heterocycles. The molecule has 0 bridgehead atoms. The minimum absolute atomic E-state index is 0. The van der Waals surface area contributed by atoms with Crippen LogP contribution in [0.4, 0.5) is 4.39 Å². The van der Waals surface area contributed by atoms with Crippen molar-refractivity contribution < 1.29 is 4.39 Å². The summed E-state index contributed by atoms with van der Waals surface area (Å²) in [6.45, 7) is 1.97. The molecule has 72 valence electrons. The lowest BCUT2D eigenvalue weighted by Crippen LogP contribution is -2.20. The zero-order valence-corrected chi connectivity index (χ0v) is 8.33. The van der Waals surface area contributed by atoms with Crippen LogP contribution in [-0.4, -0.2) is 0 Å². The number of halogens is 2. The average Bonchev–Trinajstić information content (AvgIpc) is 2.75. The summed E-state index contributed by atoms with van der Waals surface area (Å²) in [5.74, 6) is -0.188. The SMILES string of the molecule is Cc1ccc(F)cc1C1(N)CC1.Cl. The summed E-state index contributed by atoms with van der Waals surface area (Å²) in [7, 11) is 0. The van der Waals surface area contributed by atoms with Gasteiger partial charge in [-0.1, -0.05) is 6.07 Å². The number of hydrogen-bond acceptors (Lipinski definition) is 1. The summed E-state index contributed by atoms with van der Waals surface area (Å²) >= 11 is 0. The van der Waals surface area contributed by atoms with E-state index in [-0.39, 0.29) is 23.8 Å². The van der Waals surface area contributed by atoms with Gasteiger partial charge in [0.05, 0.1) is 0 Å². The molecule has 1 aromatic carbocycles. The van der Waals surface area contributed by atoms with E-state index in [0.717, 1.165) is 24.0 Å². The van der Waals surface area contributed by atoms with Crippen molar-refractivity contribution in [3.8, 4) is 0 Å². The van der Waals surface area contributed by atoms with Crippen LogP contribution in [0.25, 0.3) is 0 Å². The van der Waals surface area contributed by atoms with Crippen molar-refractivity contribution in [1.29, 1.82) is 0 Å². The lowest BCUT2D eigenvalue weighted by molar-refractivity contribution is 0.617. The summed E-state index contributed by atoms with van der Waals surface area (Å²) in [4.78, 5) is 0. The Kier molecular flexibility index (Phi) is 2.64. The number of rotatable bonds is 1. The highest BCUT2D eigenvalue weighted by Gasteiger charge is 2.41. The Balaban J connectivity index is 0.000000845. The van der Waals surface area contributed by atoms with Crippen LogP contribution in [0.3, 0.4) is 0 Å². The van der Waals surface area contributed by atoms with Crippen molar-refractivity contribution in [1.82, 2.24) is 0 Å². The molecular formula is C10H13ClFN.